The fraction of sp³-hybridized carbons (Fsp3) is 0.0556. The molecule has 0 aliphatic heterocycles. The number of carbonyl (C=O) groups is 2. The quantitative estimate of drug-likeness (QED) is 0.518. The highest BCUT2D eigenvalue weighted by atomic mass is 35.5. The van der Waals surface area contributed by atoms with E-state index >= 15 is 0 Å². The van der Waals surface area contributed by atoms with E-state index in [4.69, 9.17) is 28.9 Å². The van der Waals surface area contributed by atoms with Crippen molar-refractivity contribution in [2.45, 2.75) is 6.54 Å². The van der Waals surface area contributed by atoms with E-state index in [0.29, 0.717) is 10.6 Å². The first-order valence-electron chi connectivity index (χ1n) is 7.60. The number of fused-ring (bicyclic) bond motifs is 1. The minimum Gasteiger partial charge on any atom is -0.368 e. The fourth-order valence-corrected chi connectivity index (χ4v) is 2.84. The van der Waals surface area contributed by atoms with E-state index in [9.17, 15) is 9.59 Å². The van der Waals surface area contributed by atoms with E-state index < -0.39 is 11.8 Å². The van der Waals surface area contributed by atoms with Gasteiger partial charge in [0.2, 0.25) is 5.91 Å². The first kappa shape index (κ1) is 18.0. The Bertz CT molecular complexity index is 1030. The number of para-hydroxylation sites is 1. The van der Waals surface area contributed by atoms with E-state index in [-0.39, 0.29) is 11.6 Å². The molecule has 0 saturated carbocycles. The molecular formula is C18H14Cl2N4O2. The zero-order valence-electron chi connectivity index (χ0n) is 13.4. The van der Waals surface area contributed by atoms with Gasteiger partial charge in [0, 0.05) is 28.2 Å². The van der Waals surface area contributed by atoms with Crippen molar-refractivity contribution < 1.29 is 9.59 Å². The molecule has 0 unspecified atom stereocenters. The van der Waals surface area contributed by atoms with Crippen LogP contribution in [-0.2, 0) is 11.3 Å². The predicted octanol–water partition coefficient (Wildman–Crippen LogP) is 3.20. The van der Waals surface area contributed by atoms with Gasteiger partial charge in [-0.1, -0.05) is 41.4 Å². The standard InChI is InChI=1S/C18H14Cl2N4O2/c19-14-6-5-11(7-15(14)20)18(26)23-22-8-12-9-24(10-17(21)25)16-4-2-1-3-13(12)16/h1-9H,10H2,(H2,21,25)(H,23,26). The molecule has 0 atom stereocenters. The molecule has 1 aromatic heterocycles. The van der Waals surface area contributed by atoms with E-state index in [0.717, 1.165) is 16.5 Å². The van der Waals surface area contributed by atoms with Gasteiger partial charge in [-0.05, 0) is 24.3 Å². The Morgan fingerprint density at radius 3 is 2.65 bits per heavy atom. The van der Waals surface area contributed by atoms with Gasteiger partial charge in [0.25, 0.3) is 5.91 Å². The molecule has 8 heteroatoms. The summed E-state index contributed by atoms with van der Waals surface area (Å²) in [6, 6.07) is 12.1. The summed E-state index contributed by atoms with van der Waals surface area (Å²) in [5.74, 6) is -0.858. The number of hydrogen-bond acceptors (Lipinski definition) is 3. The van der Waals surface area contributed by atoms with Crippen LogP contribution in [0.15, 0.2) is 53.8 Å². The maximum Gasteiger partial charge on any atom is 0.271 e. The molecule has 3 rings (SSSR count). The second kappa shape index (κ2) is 7.59. The number of nitrogens with zero attached hydrogens (tertiary/aromatic N) is 2. The molecule has 26 heavy (non-hydrogen) atoms. The SMILES string of the molecule is NC(=O)Cn1cc(C=NNC(=O)c2ccc(Cl)c(Cl)c2)c2ccccc21. The molecule has 0 bridgehead atoms. The Morgan fingerprint density at radius 2 is 1.92 bits per heavy atom. The highest BCUT2D eigenvalue weighted by Crippen LogP contribution is 2.22. The van der Waals surface area contributed by atoms with E-state index in [1.165, 1.54) is 12.3 Å². The zero-order valence-corrected chi connectivity index (χ0v) is 15.0. The molecule has 0 spiro atoms. The molecule has 2 aromatic carbocycles. The van der Waals surface area contributed by atoms with Crippen molar-refractivity contribution >= 4 is 52.1 Å². The van der Waals surface area contributed by atoms with Gasteiger partial charge in [-0.15, -0.1) is 0 Å². The lowest BCUT2D eigenvalue weighted by Crippen LogP contribution is -2.18. The van der Waals surface area contributed by atoms with Crippen LogP contribution in [0, 0.1) is 0 Å². The third-order valence-electron chi connectivity index (χ3n) is 3.70. The number of halogens is 2. The molecule has 132 valence electrons. The summed E-state index contributed by atoms with van der Waals surface area (Å²) in [6.45, 7) is 0.0595. The number of primary amides is 1. The van der Waals surface area contributed by atoms with Crippen molar-refractivity contribution in [2.75, 3.05) is 0 Å². The van der Waals surface area contributed by atoms with Crippen LogP contribution in [0.1, 0.15) is 15.9 Å². The molecule has 2 amide bonds. The first-order chi connectivity index (χ1) is 12.5. The van der Waals surface area contributed by atoms with Crippen LogP contribution in [0.3, 0.4) is 0 Å². The van der Waals surface area contributed by atoms with Gasteiger partial charge in [-0.25, -0.2) is 5.43 Å². The predicted molar refractivity (Wildman–Crippen MR) is 103 cm³/mol. The van der Waals surface area contributed by atoms with Crippen LogP contribution >= 0.6 is 23.2 Å². The minimum atomic E-state index is -0.442. The average molecular weight is 389 g/mol. The molecule has 0 saturated heterocycles. The van der Waals surface area contributed by atoms with Gasteiger partial charge in [0.05, 0.1) is 16.3 Å². The topological polar surface area (TPSA) is 89.5 Å². The summed E-state index contributed by atoms with van der Waals surface area (Å²) < 4.78 is 1.74. The van der Waals surface area contributed by atoms with Crippen LogP contribution < -0.4 is 11.2 Å². The summed E-state index contributed by atoms with van der Waals surface area (Å²) in [5.41, 5.74) is 9.66. The summed E-state index contributed by atoms with van der Waals surface area (Å²) in [6.07, 6.45) is 3.26. The third kappa shape index (κ3) is 3.87. The molecule has 0 radical (unpaired) electrons. The number of nitrogens with one attached hydrogen (secondary N) is 1. The maximum atomic E-state index is 12.1. The zero-order chi connectivity index (χ0) is 18.7. The maximum absolute atomic E-state index is 12.1. The number of hydrazone groups is 1. The molecular weight excluding hydrogens is 375 g/mol. The molecule has 3 N–H and O–H groups in total. The fourth-order valence-electron chi connectivity index (χ4n) is 2.54. The number of hydrogen-bond donors (Lipinski definition) is 2. The number of aromatic nitrogens is 1. The number of carbonyl (C=O) groups excluding carboxylic acids is 2. The van der Waals surface area contributed by atoms with Crippen LogP contribution in [0.5, 0.6) is 0 Å². The van der Waals surface area contributed by atoms with E-state index in [2.05, 4.69) is 10.5 Å². The molecule has 0 aliphatic carbocycles. The lowest BCUT2D eigenvalue weighted by molar-refractivity contribution is -0.118. The average Bonchev–Trinajstić information content (AvgIpc) is 2.94. The van der Waals surface area contributed by atoms with Gasteiger partial charge < -0.3 is 10.3 Å². The van der Waals surface area contributed by atoms with Crippen molar-refractivity contribution in [3.05, 3.63) is 69.8 Å². The van der Waals surface area contributed by atoms with Crippen molar-refractivity contribution in [1.82, 2.24) is 9.99 Å². The Labute approximate surface area is 159 Å². The van der Waals surface area contributed by atoms with E-state index in [1.54, 1.807) is 22.9 Å². The van der Waals surface area contributed by atoms with Crippen LogP contribution in [0.25, 0.3) is 10.9 Å². The summed E-state index contributed by atoms with van der Waals surface area (Å²) >= 11 is 11.7. The summed E-state index contributed by atoms with van der Waals surface area (Å²) in [5, 5.41) is 5.53. The van der Waals surface area contributed by atoms with Gasteiger partial charge >= 0.3 is 0 Å². The normalized spacial score (nSPS) is 11.2. The lowest BCUT2D eigenvalue weighted by Gasteiger charge is -2.01. The minimum absolute atomic E-state index is 0.0595. The highest BCUT2D eigenvalue weighted by molar-refractivity contribution is 6.42. The third-order valence-corrected chi connectivity index (χ3v) is 4.44. The van der Waals surface area contributed by atoms with Crippen molar-refractivity contribution in [3.8, 4) is 0 Å². The Hall–Kier alpha value is -2.83. The van der Waals surface area contributed by atoms with Crippen molar-refractivity contribution in [1.29, 1.82) is 0 Å². The number of nitrogens with two attached hydrogens (primary N) is 1. The van der Waals surface area contributed by atoms with Crippen molar-refractivity contribution in [3.63, 3.8) is 0 Å². The first-order valence-corrected chi connectivity index (χ1v) is 8.36. The lowest BCUT2D eigenvalue weighted by atomic mass is 10.2. The van der Waals surface area contributed by atoms with Crippen LogP contribution in [0.4, 0.5) is 0 Å². The Morgan fingerprint density at radius 1 is 1.15 bits per heavy atom. The Balaban J connectivity index is 1.81. The van der Waals surface area contributed by atoms with Crippen LogP contribution in [-0.4, -0.2) is 22.6 Å². The summed E-state index contributed by atoms with van der Waals surface area (Å²) in [7, 11) is 0. The smallest absolute Gasteiger partial charge is 0.271 e. The number of benzene rings is 2. The molecule has 0 aliphatic rings. The second-order valence-electron chi connectivity index (χ2n) is 5.52. The van der Waals surface area contributed by atoms with Crippen molar-refractivity contribution in [2.24, 2.45) is 10.8 Å². The number of rotatable bonds is 5. The largest absolute Gasteiger partial charge is 0.368 e. The van der Waals surface area contributed by atoms with Gasteiger partial charge in [0.15, 0.2) is 0 Å². The molecule has 3 aromatic rings. The van der Waals surface area contributed by atoms with Gasteiger partial charge in [-0.2, -0.15) is 5.10 Å². The number of amides is 2. The molecule has 6 nitrogen and oxygen atoms in total. The monoisotopic (exact) mass is 388 g/mol. The molecule has 1 heterocycles. The van der Waals surface area contributed by atoms with E-state index in [1.807, 2.05) is 24.3 Å². The Kier molecular flexibility index (Phi) is 5.25. The van der Waals surface area contributed by atoms with Gasteiger partial charge in [0.1, 0.15) is 6.54 Å². The van der Waals surface area contributed by atoms with Gasteiger partial charge in [-0.3, -0.25) is 9.59 Å². The van der Waals surface area contributed by atoms with Crippen LogP contribution in [0.2, 0.25) is 10.0 Å². The second-order valence-corrected chi connectivity index (χ2v) is 6.34. The highest BCUT2D eigenvalue weighted by Gasteiger charge is 2.09. The molecule has 0 fully saturated rings. The summed E-state index contributed by atoms with van der Waals surface area (Å²) in [4.78, 5) is 23.3.